The normalized spacial score (nSPS) is 17.7. The molecule has 2 nitrogen and oxygen atoms in total. The van der Waals surface area contributed by atoms with E-state index < -0.39 is 0 Å². The molecule has 0 fully saturated rings. The minimum atomic E-state index is 0.388. The van der Waals surface area contributed by atoms with Crippen LogP contribution in [0.1, 0.15) is 17.2 Å². The van der Waals surface area contributed by atoms with Crippen LogP contribution >= 0.6 is 0 Å². The summed E-state index contributed by atoms with van der Waals surface area (Å²) in [7, 11) is 0. The van der Waals surface area contributed by atoms with E-state index in [4.69, 9.17) is 0 Å². The second-order valence-corrected chi connectivity index (χ2v) is 4.85. The number of aromatic amines is 1. The Kier molecular flexibility index (Phi) is 1.97. The van der Waals surface area contributed by atoms with Crippen LogP contribution in [0.15, 0.2) is 54.7 Å². The first-order chi connectivity index (χ1) is 8.92. The van der Waals surface area contributed by atoms with Crippen LogP contribution in [0.25, 0.3) is 10.9 Å². The van der Waals surface area contributed by atoms with Crippen molar-refractivity contribution in [1.82, 2.24) is 4.98 Å². The lowest BCUT2D eigenvalue weighted by Crippen LogP contribution is -2.04. The van der Waals surface area contributed by atoms with Crippen LogP contribution in [0, 0.1) is 0 Å². The topological polar surface area (TPSA) is 27.8 Å². The number of aromatic nitrogens is 1. The molecule has 0 aliphatic carbocycles. The van der Waals surface area contributed by atoms with Crippen LogP contribution in [0.5, 0.6) is 0 Å². The van der Waals surface area contributed by atoms with Gasteiger partial charge in [-0.3, -0.25) is 0 Å². The Bertz CT molecular complexity index is 687. The highest BCUT2D eigenvalue weighted by molar-refractivity contribution is 5.84. The molecule has 0 bridgehead atoms. The van der Waals surface area contributed by atoms with Gasteiger partial charge in [-0.25, -0.2) is 0 Å². The fraction of sp³-hybridized carbons (Fsp3) is 0.125. The molecule has 0 spiro atoms. The molecule has 2 aromatic carbocycles. The number of hydrogen-bond acceptors (Lipinski definition) is 1. The maximum absolute atomic E-state index is 3.61. The Balaban J connectivity index is 1.78. The first kappa shape index (κ1) is 9.77. The molecule has 0 radical (unpaired) electrons. The van der Waals surface area contributed by atoms with Gasteiger partial charge < -0.3 is 10.3 Å². The van der Waals surface area contributed by atoms with E-state index in [0.717, 1.165) is 6.42 Å². The van der Waals surface area contributed by atoms with Gasteiger partial charge in [0.25, 0.3) is 0 Å². The monoisotopic (exact) mass is 234 g/mol. The number of benzene rings is 2. The summed E-state index contributed by atoms with van der Waals surface area (Å²) in [5.74, 6) is 0. The Morgan fingerprint density at radius 3 is 2.72 bits per heavy atom. The van der Waals surface area contributed by atoms with E-state index >= 15 is 0 Å². The van der Waals surface area contributed by atoms with Crippen LogP contribution in [-0.4, -0.2) is 4.98 Å². The molecule has 1 aliphatic heterocycles. The molecule has 0 saturated heterocycles. The van der Waals surface area contributed by atoms with Crippen LogP contribution in [0.2, 0.25) is 0 Å². The highest BCUT2D eigenvalue weighted by Gasteiger charge is 2.23. The van der Waals surface area contributed by atoms with Crippen molar-refractivity contribution < 1.29 is 0 Å². The number of fused-ring (bicyclic) bond motifs is 2. The van der Waals surface area contributed by atoms with E-state index in [1.807, 2.05) is 0 Å². The van der Waals surface area contributed by atoms with Crippen molar-refractivity contribution in [2.45, 2.75) is 12.5 Å². The van der Waals surface area contributed by atoms with E-state index in [0.29, 0.717) is 6.04 Å². The van der Waals surface area contributed by atoms with Crippen molar-refractivity contribution in [3.63, 3.8) is 0 Å². The standard InChI is InChI=1S/C16H14N2/c1-3-7-14-11(5-1)9-16(18-14)13-10-17-15-8-4-2-6-12(13)15/h1-8,10,16-18H,9H2/t16-/m0/s1. The largest absolute Gasteiger partial charge is 0.378 e. The molecule has 2 N–H and O–H groups in total. The van der Waals surface area contributed by atoms with Crippen LogP contribution in [0.4, 0.5) is 5.69 Å². The van der Waals surface area contributed by atoms with Gasteiger partial charge in [0.05, 0.1) is 6.04 Å². The molecule has 0 unspecified atom stereocenters. The van der Waals surface area contributed by atoms with Gasteiger partial charge in [0.2, 0.25) is 0 Å². The zero-order valence-corrected chi connectivity index (χ0v) is 9.98. The van der Waals surface area contributed by atoms with Crippen molar-refractivity contribution in [2.75, 3.05) is 5.32 Å². The second kappa shape index (κ2) is 3.64. The van der Waals surface area contributed by atoms with E-state index in [2.05, 4.69) is 65.0 Å². The fourth-order valence-electron chi connectivity index (χ4n) is 2.87. The second-order valence-electron chi connectivity index (χ2n) is 4.85. The van der Waals surface area contributed by atoms with Gasteiger partial charge in [0.15, 0.2) is 0 Å². The predicted molar refractivity (Wildman–Crippen MR) is 74.8 cm³/mol. The maximum atomic E-state index is 3.61. The quantitative estimate of drug-likeness (QED) is 0.657. The van der Waals surface area contributed by atoms with E-state index in [1.54, 1.807) is 0 Å². The minimum Gasteiger partial charge on any atom is -0.378 e. The lowest BCUT2D eigenvalue weighted by molar-refractivity contribution is 0.832. The third kappa shape index (κ3) is 1.35. The Morgan fingerprint density at radius 2 is 1.78 bits per heavy atom. The van der Waals surface area contributed by atoms with Crippen LogP contribution in [0.3, 0.4) is 0 Å². The highest BCUT2D eigenvalue weighted by Crippen LogP contribution is 2.36. The molecule has 1 aliphatic rings. The molecule has 1 atom stereocenters. The summed E-state index contributed by atoms with van der Waals surface area (Å²) in [6.45, 7) is 0. The van der Waals surface area contributed by atoms with Gasteiger partial charge >= 0.3 is 0 Å². The van der Waals surface area contributed by atoms with Crippen molar-refractivity contribution in [3.05, 3.63) is 65.9 Å². The van der Waals surface area contributed by atoms with Crippen molar-refractivity contribution in [2.24, 2.45) is 0 Å². The van der Waals surface area contributed by atoms with Gasteiger partial charge in [-0.05, 0) is 29.7 Å². The zero-order chi connectivity index (χ0) is 11.9. The first-order valence-corrected chi connectivity index (χ1v) is 6.32. The number of rotatable bonds is 1. The van der Waals surface area contributed by atoms with Crippen LogP contribution < -0.4 is 5.32 Å². The molecule has 2 heteroatoms. The molecule has 18 heavy (non-hydrogen) atoms. The smallest absolute Gasteiger partial charge is 0.0576 e. The zero-order valence-electron chi connectivity index (χ0n) is 9.98. The summed E-state index contributed by atoms with van der Waals surface area (Å²) in [6, 6.07) is 17.4. The summed E-state index contributed by atoms with van der Waals surface area (Å²) in [6.07, 6.45) is 3.20. The SMILES string of the molecule is c1ccc2c(c1)C[C@@H](c1c[nH]c3ccccc13)N2. The number of H-pyrrole nitrogens is 1. The lowest BCUT2D eigenvalue weighted by Gasteiger charge is -2.10. The average Bonchev–Trinajstić information content (AvgIpc) is 3.02. The third-order valence-electron chi connectivity index (χ3n) is 3.77. The molecule has 0 amide bonds. The van der Waals surface area contributed by atoms with Gasteiger partial charge in [0, 0.05) is 22.8 Å². The van der Waals surface area contributed by atoms with E-state index in [1.165, 1.54) is 27.7 Å². The Morgan fingerprint density at radius 1 is 0.944 bits per heavy atom. The molecule has 1 aromatic heterocycles. The fourth-order valence-corrected chi connectivity index (χ4v) is 2.87. The molecule has 4 rings (SSSR count). The van der Waals surface area contributed by atoms with E-state index in [9.17, 15) is 0 Å². The Labute approximate surface area is 106 Å². The van der Waals surface area contributed by atoms with E-state index in [-0.39, 0.29) is 0 Å². The minimum absolute atomic E-state index is 0.388. The molecule has 2 heterocycles. The van der Waals surface area contributed by atoms with Crippen molar-refractivity contribution >= 4 is 16.6 Å². The summed E-state index contributed by atoms with van der Waals surface area (Å²) < 4.78 is 0. The van der Waals surface area contributed by atoms with Crippen molar-refractivity contribution in [1.29, 1.82) is 0 Å². The van der Waals surface area contributed by atoms with Crippen molar-refractivity contribution in [3.8, 4) is 0 Å². The summed E-state index contributed by atoms with van der Waals surface area (Å²) in [5.41, 5.74) is 5.26. The molecule has 88 valence electrons. The number of anilines is 1. The molecule has 0 saturated carbocycles. The maximum Gasteiger partial charge on any atom is 0.0576 e. The van der Waals surface area contributed by atoms with Gasteiger partial charge in [0.1, 0.15) is 0 Å². The molecule has 3 aromatic rings. The van der Waals surface area contributed by atoms with Gasteiger partial charge in [-0.2, -0.15) is 0 Å². The highest BCUT2D eigenvalue weighted by atomic mass is 15.0. The lowest BCUT2D eigenvalue weighted by atomic mass is 10.0. The number of hydrogen-bond donors (Lipinski definition) is 2. The number of para-hydroxylation sites is 2. The summed E-state index contributed by atoms with van der Waals surface area (Å²) >= 11 is 0. The van der Waals surface area contributed by atoms with Crippen LogP contribution in [-0.2, 0) is 6.42 Å². The molecular weight excluding hydrogens is 220 g/mol. The predicted octanol–water partition coefficient (Wildman–Crippen LogP) is 3.88. The summed E-state index contributed by atoms with van der Waals surface area (Å²) in [4.78, 5) is 3.35. The number of nitrogens with one attached hydrogen (secondary N) is 2. The first-order valence-electron chi connectivity index (χ1n) is 6.32. The third-order valence-corrected chi connectivity index (χ3v) is 3.77. The van der Waals surface area contributed by atoms with Gasteiger partial charge in [-0.15, -0.1) is 0 Å². The average molecular weight is 234 g/mol. The van der Waals surface area contributed by atoms with Gasteiger partial charge in [-0.1, -0.05) is 36.4 Å². The summed E-state index contributed by atoms with van der Waals surface area (Å²) in [5, 5.41) is 4.93. The molecular formula is C16H14N2. The Hall–Kier alpha value is -2.22.